The van der Waals surface area contributed by atoms with Crippen molar-refractivity contribution in [2.45, 2.75) is 37.2 Å². The molecule has 1 heterocycles. The molecule has 0 aromatic heterocycles. The van der Waals surface area contributed by atoms with E-state index < -0.39 is 10.0 Å². The van der Waals surface area contributed by atoms with Gasteiger partial charge < -0.3 is 10.5 Å². The predicted molar refractivity (Wildman–Crippen MR) is 78.2 cm³/mol. The molecular formula is C13H19ClN2O3S. The van der Waals surface area contributed by atoms with Crippen molar-refractivity contribution >= 4 is 21.6 Å². The fourth-order valence-corrected chi connectivity index (χ4v) is 4.22. The molecule has 0 amide bonds. The first-order valence-corrected chi connectivity index (χ1v) is 8.39. The maximum Gasteiger partial charge on any atom is 0.241 e. The minimum absolute atomic E-state index is 0.0894. The van der Waals surface area contributed by atoms with E-state index in [1.165, 1.54) is 6.07 Å². The van der Waals surface area contributed by atoms with Gasteiger partial charge in [-0.1, -0.05) is 11.6 Å². The van der Waals surface area contributed by atoms with Crippen molar-refractivity contribution in [2.24, 2.45) is 5.73 Å². The van der Waals surface area contributed by atoms with Crippen LogP contribution in [0.25, 0.3) is 0 Å². The smallest absolute Gasteiger partial charge is 0.241 e. The summed E-state index contributed by atoms with van der Waals surface area (Å²) in [4.78, 5) is 0.206. The van der Waals surface area contributed by atoms with Gasteiger partial charge in [0.2, 0.25) is 10.0 Å². The predicted octanol–water partition coefficient (Wildman–Crippen LogP) is 1.56. The fourth-order valence-electron chi connectivity index (χ4n) is 2.30. The number of hydrogen-bond donors (Lipinski definition) is 2. The van der Waals surface area contributed by atoms with Crippen molar-refractivity contribution in [2.75, 3.05) is 13.2 Å². The first-order chi connectivity index (χ1) is 9.44. The van der Waals surface area contributed by atoms with Gasteiger partial charge in [0, 0.05) is 30.8 Å². The molecule has 7 heteroatoms. The first-order valence-electron chi connectivity index (χ1n) is 6.53. The maximum atomic E-state index is 12.5. The monoisotopic (exact) mass is 318 g/mol. The molecule has 5 nitrogen and oxygen atoms in total. The number of benzene rings is 1. The molecule has 112 valence electrons. The molecule has 1 aromatic rings. The van der Waals surface area contributed by atoms with E-state index in [0.717, 1.165) is 5.56 Å². The summed E-state index contributed by atoms with van der Waals surface area (Å²) in [6.07, 6.45) is 1.37. The zero-order valence-electron chi connectivity index (χ0n) is 11.4. The number of ether oxygens (including phenoxy) is 1. The summed E-state index contributed by atoms with van der Waals surface area (Å²) in [5.74, 6) is 0. The molecule has 2 rings (SSSR count). The average Bonchev–Trinajstić information content (AvgIpc) is 2.41. The lowest BCUT2D eigenvalue weighted by molar-refractivity contribution is 0.0832. The quantitative estimate of drug-likeness (QED) is 0.883. The highest BCUT2D eigenvalue weighted by molar-refractivity contribution is 7.89. The van der Waals surface area contributed by atoms with Crippen molar-refractivity contribution in [3.05, 3.63) is 28.3 Å². The average molecular weight is 319 g/mol. The van der Waals surface area contributed by atoms with Crippen molar-refractivity contribution in [3.63, 3.8) is 0 Å². The Labute approximate surface area is 124 Å². The highest BCUT2D eigenvalue weighted by atomic mass is 35.5. The Kier molecular flexibility index (Phi) is 5.04. The molecule has 0 spiro atoms. The molecule has 1 aromatic carbocycles. The number of hydrogen-bond acceptors (Lipinski definition) is 4. The Morgan fingerprint density at radius 3 is 2.65 bits per heavy atom. The van der Waals surface area contributed by atoms with Gasteiger partial charge in [-0.15, -0.1) is 0 Å². The molecule has 1 saturated heterocycles. The Morgan fingerprint density at radius 1 is 1.40 bits per heavy atom. The fraction of sp³-hybridized carbons (Fsp3) is 0.538. The summed E-state index contributed by atoms with van der Waals surface area (Å²) in [7, 11) is -3.59. The molecule has 0 unspecified atom stereocenters. The van der Waals surface area contributed by atoms with E-state index in [2.05, 4.69) is 4.72 Å². The van der Waals surface area contributed by atoms with Gasteiger partial charge in [0.15, 0.2) is 0 Å². The topological polar surface area (TPSA) is 81.4 Å². The molecule has 0 radical (unpaired) electrons. The van der Waals surface area contributed by atoms with Crippen LogP contribution in [-0.4, -0.2) is 27.7 Å². The van der Waals surface area contributed by atoms with E-state index in [0.29, 0.717) is 36.6 Å². The Hall–Kier alpha value is -0.660. The van der Waals surface area contributed by atoms with Crippen LogP contribution in [-0.2, 0) is 21.3 Å². The van der Waals surface area contributed by atoms with Crippen LogP contribution in [0.3, 0.4) is 0 Å². The van der Waals surface area contributed by atoms with Gasteiger partial charge >= 0.3 is 0 Å². The summed E-state index contributed by atoms with van der Waals surface area (Å²) in [5.41, 5.74) is 7.02. The Morgan fingerprint density at radius 2 is 2.05 bits per heavy atom. The Bertz CT molecular complexity index is 584. The van der Waals surface area contributed by atoms with Crippen LogP contribution >= 0.6 is 11.6 Å². The molecule has 1 aliphatic rings. The van der Waals surface area contributed by atoms with E-state index in [9.17, 15) is 8.42 Å². The summed E-state index contributed by atoms with van der Waals surface area (Å²) >= 11 is 5.98. The second kappa shape index (κ2) is 6.41. The number of halogens is 1. The summed E-state index contributed by atoms with van der Waals surface area (Å²) in [6, 6.07) is 3.08. The van der Waals surface area contributed by atoms with E-state index in [1.807, 2.05) is 0 Å². The highest BCUT2D eigenvalue weighted by Crippen LogP contribution is 2.25. The standard InChI is InChI=1S/C13H19ClN2O3S/c1-9-10(8-15)6-11(14)7-13(9)20(17,18)16-12-2-4-19-5-3-12/h6-7,12,16H,2-5,8,15H2,1H3. The van der Waals surface area contributed by atoms with Gasteiger partial charge in [-0.3, -0.25) is 0 Å². The second-order valence-electron chi connectivity index (χ2n) is 4.90. The number of sulfonamides is 1. The normalized spacial score (nSPS) is 17.4. The van der Waals surface area contributed by atoms with Gasteiger partial charge in [0.25, 0.3) is 0 Å². The molecule has 1 fully saturated rings. The van der Waals surface area contributed by atoms with Gasteiger partial charge in [0.05, 0.1) is 4.90 Å². The molecule has 0 saturated carbocycles. The van der Waals surface area contributed by atoms with Crippen LogP contribution < -0.4 is 10.5 Å². The maximum absolute atomic E-state index is 12.5. The molecule has 0 aliphatic carbocycles. The molecular weight excluding hydrogens is 300 g/mol. The van der Waals surface area contributed by atoms with Crippen molar-refractivity contribution in [3.8, 4) is 0 Å². The minimum Gasteiger partial charge on any atom is -0.381 e. The van der Waals surface area contributed by atoms with E-state index >= 15 is 0 Å². The lowest BCUT2D eigenvalue weighted by Gasteiger charge is -2.23. The zero-order chi connectivity index (χ0) is 14.8. The van der Waals surface area contributed by atoms with E-state index in [4.69, 9.17) is 22.1 Å². The second-order valence-corrected chi connectivity index (χ2v) is 7.02. The number of nitrogens with two attached hydrogens (primary N) is 1. The van der Waals surface area contributed by atoms with E-state index in [1.54, 1.807) is 13.0 Å². The van der Waals surface area contributed by atoms with Crippen LogP contribution in [0.2, 0.25) is 5.02 Å². The van der Waals surface area contributed by atoms with Gasteiger partial charge in [-0.05, 0) is 43.0 Å². The van der Waals surface area contributed by atoms with E-state index in [-0.39, 0.29) is 17.5 Å². The lowest BCUT2D eigenvalue weighted by Crippen LogP contribution is -2.39. The number of rotatable bonds is 4. The summed E-state index contributed by atoms with van der Waals surface area (Å²) in [6.45, 7) is 3.16. The zero-order valence-corrected chi connectivity index (χ0v) is 12.9. The molecule has 0 bridgehead atoms. The van der Waals surface area contributed by atoms with Gasteiger partial charge in [-0.25, -0.2) is 13.1 Å². The lowest BCUT2D eigenvalue weighted by atomic mass is 10.1. The third-order valence-corrected chi connectivity index (χ3v) is 5.35. The molecule has 20 heavy (non-hydrogen) atoms. The summed E-state index contributed by atoms with van der Waals surface area (Å²) < 4.78 is 32.9. The minimum atomic E-state index is -3.59. The molecule has 1 aliphatic heterocycles. The third-order valence-electron chi connectivity index (χ3n) is 3.48. The highest BCUT2D eigenvalue weighted by Gasteiger charge is 2.24. The SMILES string of the molecule is Cc1c(CN)cc(Cl)cc1S(=O)(=O)NC1CCOCC1. The van der Waals surface area contributed by atoms with Crippen molar-refractivity contribution in [1.82, 2.24) is 4.72 Å². The first kappa shape index (κ1) is 15.7. The van der Waals surface area contributed by atoms with Crippen LogP contribution in [0, 0.1) is 6.92 Å². The Balaban J connectivity index is 2.31. The van der Waals surface area contributed by atoms with Crippen LogP contribution in [0.15, 0.2) is 17.0 Å². The van der Waals surface area contributed by atoms with Gasteiger partial charge in [0.1, 0.15) is 0 Å². The van der Waals surface area contributed by atoms with Crippen molar-refractivity contribution in [1.29, 1.82) is 0 Å². The van der Waals surface area contributed by atoms with Crippen LogP contribution in [0.5, 0.6) is 0 Å². The summed E-state index contributed by atoms with van der Waals surface area (Å²) in [5, 5.41) is 0.378. The van der Waals surface area contributed by atoms with Crippen molar-refractivity contribution < 1.29 is 13.2 Å². The van der Waals surface area contributed by atoms with Crippen LogP contribution in [0.1, 0.15) is 24.0 Å². The molecule has 3 N–H and O–H groups in total. The number of nitrogens with one attached hydrogen (secondary N) is 1. The van der Waals surface area contributed by atoms with Crippen LogP contribution in [0.4, 0.5) is 0 Å². The van der Waals surface area contributed by atoms with Gasteiger partial charge in [-0.2, -0.15) is 0 Å². The largest absolute Gasteiger partial charge is 0.381 e. The molecule has 0 atom stereocenters. The third kappa shape index (κ3) is 3.51.